The maximum absolute atomic E-state index is 3.80. The molecule has 0 spiro atoms. The van der Waals surface area contributed by atoms with Crippen molar-refractivity contribution in [2.24, 2.45) is 23.7 Å². The van der Waals surface area contributed by atoms with Crippen LogP contribution in [0.2, 0.25) is 0 Å². The summed E-state index contributed by atoms with van der Waals surface area (Å²) in [5.74, 6) is 3.96. The summed E-state index contributed by atoms with van der Waals surface area (Å²) < 4.78 is 0. The van der Waals surface area contributed by atoms with Gasteiger partial charge in [0.05, 0.1) is 0 Å². The van der Waals surface area contributed by atoms with Gasteiger partial charge in [-0.25, -0.2) is 0 Å². The van der Waals surface area contributed by atoms with Crippen LogP contribution in [0.4, 0.5) is 0 Å². The van der Waals surface area contributed by atoms with Crippen LogP contribution < -0.4 is 5.32 Å². The summed E-state index contributed by atoms with van der Waals surface area (Å²) in [5, 5.41) is 3.80. The number of hydrogen-bond acceptors (Lipinski definition) is 2. The summed E-state index contributed by atoms with van der Waals surface area (Å²) in [6, 6.07) is 1.53. The first-order chi connectivity index (χ1) is 9.69. The molecule has 0 aromatic rings. The van der Waals surface area contributed by atoms with Crippen LogP contribution in [0.5, 0.6) is 0 Å². The fraction of sp³-hybridized carbons (Fsp3) is 1.00. The van der Waals surface area contributed by atoms with Gasteiger partial charge >= 0.3 is 0 Å². The first-order valence-corrected chi connectivity index (χ1v) is 9.16. The van der Waals surface area contributed by atoms with Gasteiger partial charge in [0, 0.05) is 18.6 Å². The second-order valence-electron chi connectivity index (χ2n) is 7.87. The van der Waals surface area contributed by atoms with E-state index in [-0.39, 0.29) is 0 Å². The van der Waals surface area contributed by atoms with Crippen molar-refractivity contribution in [3.05, 3.63) is 0 Å². The molecule has 2 saturated carbocycles. The zero-order chi connectivity index (χ0) is 14.1. The van der Waals surface area contributed by atoms with Crippen LogP contribution in [0, 0.1) is 23.7 Å². The van der Waals surface area contributed by atoms with Crippen molar-refractivity contribution in [3.63, 3.8) is 0 Å². The number of nitrogens with zero attached hydrogens (tertiary/aromatic N) is 1. The van der Waals surface area contributed by atoms with E-state index in [9.17, 15) is 0 Å². The molecule has 2 aliphatic carbocycles. The molecule has 1 saturated heterocycles. The Labute approximate surface area is 125 Å². The van der Waals surface area contributed by atoms with E-state index in [1.807, 2.05) is 0 Å². The Bertz CT molecular complexity index is 317. The van der Waals surface area contributed by atoms with E-state index in [0.717, 1.165) is 29.7 Å². The van der Waals surface area contributed by atoms with Crippen LogP contribution >= 0.6 is 0 Å². The van der Waals surface area contributed by atoms with Gasteiger partial charge in [-0.3, -0.25) is 4.90 Å². The highest BCUT2D eigenvalue weighted by molar-refractivity contribution is 4.96. The van der Waals surface area contributed by atoms with Crippen LogP contribution in [0.25, 0.3) is 0 Å². The molecule has 2 nitrogen and oxygen atoms in total. The van der Waals surface area contributed by atoms with Gasteiger partial charge in [0.25, 0.3) is 0 Å². The summed E-state index contributed by atoms with van der Waals surface area (Å²) >= 11 is 0. The molecule has 116 valence electrons. The lowest BCUT2D eigenvalue weighted by Gasteiger charge is -2.38. The maximum Gasteiger partial charge on any atom is 0.0220 e. The highest BCUT2D eigenvalue weighted by atomic mass is 15.2. The van der Waals surface area contributed by atoms with Crippen molar-refractivity contribution in [3.8, 4) is 0 Å². The molecule has 3 aliphatic rings. The molecule has 6 atom stereocenters. The summed E-state index contributed by atoms with van der Waals surface area (Å²) in [7, 11) is 0. The topological polar surface area (TPSA) is 15.3 Å². The van der Waals surface area contributed by atoms with Crippen molar-refractivity contribution in [2.45, 2.75) is 71.4 Å². The largest absolute Gasteiger partial charge is 0.312 e. The molecule has 0 radical (unpaired) electrons. The van der Waals surface area contributed by atoms with E-state index in [1.165, 1.54) is 51.7 Å². The van der Waals surface area contributed by atoms with Crippen molar-refractivity contribution < 1.29 is 0 Å². The molecular weight excluding hydrogens is 244 g/mol. The predicted octanol–water partition coefficient (Wildman–Crippen LogP) is 3.52. The predicted molar refractivity (Wildman–Crippen MR) is 85.8 cm³/mol. The van der Waals surface area contributed by atoms with Crippen molar-refractivity contribution >= 4 is 0 Å². The van der Waals surface area contributed by atoms with Crippen LogP contribution in [-0.2, 0) is 0 Å². The molecule has 1 heterocycles. The fourth-order valence-corrected chi connectivity index (χ4v) is 5.17. The van der Waals surface area contributed by atoms with E-state index >= 15 is 0 Å². The van der Waals surface area contributed by atoms with Gasteiger partial charge in [0.2, 0.25) is 0 Å². The quantitative estimate of drug-likeness (QED) is 0.846. The Kier molecular flexibility index (Phi) is 4.72. The van der Waals surface area contributed by atoms with Crippen molar-refractivity contribution in [2.75, 3.05) is 19.6 Å². The Hall–Kier alpha value is -0.0800. The van der Waals surface area contributed by atoms with E-state index in [4.69, 9.17) is 0 Å². The zero-order valence-electron chi connectivity index (χ0n) is 13.8. The molecule has 0 aromatic heterocycles. The van der Waals surface area contributed by atoms with Gasteiger partial charge in [-0.05, 0) is 69.4 Å². The van der Waals surface area contributed by atoms with E-state index in [0.29, 0.717) is 6.04 Å². The Morgan fingerprint density at radius 1 is 1.20 bits per heavy atom. The molecule has 6 unspecified atom stereocenters. The Balaban J connectivity index is 1.62. The number of rotatable bonds is 4. The summed E-state index contributed by atoms with van der Waals surface area (Å²) in [6.45, 7) is 11.1. The average Bonchev–Trinajstić information content (AvgIpc) is 3.01. The molecule has 1 aliphatic heterocycles. The van der Waals surface area contributed by atoms with Gasteiger partial charge in [-0.1, -0.05) is 26.7 Å². The minimum atomic E-state index is 0.712. The van der Waals surface area contributed by atoms with E-state index in [2.05, 4.69) is 31.0 Å². The summed E-state index contributed by atoms with van der Waals surface area (Å²) in [4.78, 5) is 2.84. The standard InChI is InChI=1S/C18H34N2/c1-4-13(2)18-12-20(9-5-8-19-18)14(3)17-11-15-6-7-16(17)10-15/h13-19H,4-12H2,1-3H3. The van der Waals surface area contributed by atoms with Crippen LogP contribution in [0.15, 0.2) is 0 Å². The Morgan fingerprint density at radius 3 is 2.70 bits per heavy atom. The van der Waals surface area contributed by atoms with Gasteiger partial charge < -0.3 is 5.32 Å². The van der Waals surface area contributed by atoms with Gasteiger partial charge in [-0.2, -0.15) is 0 Å². The molecule has 20 heavy (non-hydrogen) atoms. The lowest BCUT2D eigenvalue weighted by Crippen LogP contribution is -2.47. The number of fused-ring (bicyclic) bond motifs is 2. The number of hydrogen-bond donors (Lipinski definition) is 1. The highest BCUT2D eigenvalue weighted by Crippen LogP contribution is 2.50. The average molecular weight is 278 g/mol. The lowest BCUT2D eigenvalue weighted by molar-refractivity contribution is 0.111. The van der Waals surface area contributed by atoms with Gasteiger partial charge in [0.15, 0.2) is 0 Å². The minimum absolute atomic E-state index is 0.712. The zero-order valence-corrected chi connectivity index (χ0v) is 13.8. The van der Waals surface area contributed by atoms with E-state index < -0.39 is 0 Å². The van der Waals surface area contributed by atoms with Crippen LogP contribution in [-0.4, -0.2) is 36.6 Å². The molecule has 1 N–H and O–H groups in total. The molecular formula is C18H34N2. The molecule has 2 heteroatoms. The first kappa shape index (κ1) is 14.8. The third-order valence-electron chi connectivity index (χ3n) is 6.78. The fourth-order valence-electron chi connectivity index (χ4n) is 5.17. The van der Waals surface area contributed by atoms with Crippen LogP contribution in [0.1, 0.15) is 59.3 Å². The lowest BCUT2D eigenvalue weighted by atomic mass is 9.83. The summed E-state index contributed by atoms with van der Waals surface area (Å²) in [6.07, 6.45) is 8.78. The van der Waals surface area contributed by atoms with Crippen LogP contribution in [0.3, 0.4) is 0 Å². The Morgan fingerprint density at radius 2 is 2.05 bits per heavy atom. The summed E-state index contributed by atoms with van der Waals surface area (Å²) in [5.41, 5.74) is 0. The molecule has 0 aromatic carbocycles. The van der Waals surface area contributed by atoms with Gasteiger partial charge in [-0.15, -0.1) is 0 Å². The number of nitrogens with one attached hydrogen (secondary N) is 1. The molecule has 0 amide bonds. The third kappa shape index (κ3) is 2.92. The normalized spacial score (nSPS) is 41.5. The second-order valence-corrected chi connectivity index (χ2v) is 7.87. The second kappa shape index (κ2) is 6.36. The van der Waals surface area contributed by atoms with Gasteiger partial charge in [0.1, 0.15) is 0 Å². The molecule has 3 rings (SSSR count). The smallest absolute Gasteiger partial charge is 0.0220 e. The monoisotopic (exact) mass is 278 g/mol. The SMILES string of the molecule is CCC(C)C1CN(C(C)C2CC3CCC2C3)CCCN1. The molecule has 2 bridgehead atoms. The van der Waals surface area contributed by atoms with Crippen molar-refractivity contribution in [1.29, 1.82) is 0 Å². The first-order valence-electron chi connectivity index (χ1n) is 9.16. The maximum atomic E-state index is 3.80. The van der Waals surface area contributed by atoms with E-state index in [1.54, 1.807) is 6.42 Å². The van der Waals surface area contributed by atoms with Crippen molar-refractivity contribution in [1.82, 2.24) is 10.2 Å². The molecule has 3 fully saturated rings. The third-order valence-corrected chi connectivity index (χ3v) is 6.78. The highest BCUT2D eigenvalue weighted by Gasteiger charge is 2.43. The minimum Gasteiger partial charge on any atom is -0.312 e.